The van der Waals surface area contributed by atoms with Gasteiger partial charge in [-0.25, -0.2) is 0 Å². The molecular formula is C26H25NO4. The van der Waals surface area contributed by atoms with E-state index >= 15 is 0 Å². The Labute approximate surface area is 181 Å². The zero-order chi connectivity index (χ0) is 22.0. The monoisotopic (exact) mass is 415 g/mol. The number of ketones is 2. The van der Waals surface area contributed by atoms with Gasteiger partial charge in [0.2, 0.25) is 0 Å². The second-order valence-corrected chi connectivity index (χ2v) is 8.05. The van der Waals surface area contributed by atoms with E-state index in [1.807, 2.05) is 24.3 Å². The van der Waals surface area contributed by atoms with Crippen molar-refractivity contribution in [1.29, 1.82) is 0 Å². The Kier molecular flexibility index (Phi) is 5.85. The number of carbonyl (C=O) groups is 3. The zero-order valence-corrected chi connectivity index (χ0v) is 17.8. The van der Waals surface area contributed by atoms with Crippen molar-refractivity contribution < 1.29 is 19.1 Å². The number of amides is 1. The van der Waals surface area contributed by atoms with E-state index in [9.17, 15) is 14.4 Å². The number of nitrogens with zero attached hydrogens (tertiary/aromatic N) is 1. The zero-order valence-electron chi connectivity index (χ0n) is 17.8. The Hall–Kier alpha value is -3.47. The molecular weight excluding hydrogens is 390 g/mol. The molecule has 0 saturated heterocycles. The number of Topliss-reactive ketones (excluding diaryl/α,β-unsaturated/α-hetero) is 2. The molecule has 0 fully saturated rings. The lowest BCUT2D eigenvalue weighted by Crippen LogP contribution is -2.40. The molecule has 31 heavy (non-hydrogen) atoms. The third kappa shape index (κ3) is 4.36. The van der Waals surface area contributed by atoms with Crippen LogP contribution in [0.25, 0.3) is 10.8 Å². The number of hydrogen-bond acceptors (Lipinski definition) is 4. The molecule has 0 bridgehead atoms. The summed E-state index contributed by atoms with van der Waals surface area (Å²) in [5, 5.41) is 2.33. The van der Waals surface area contributed by atoms with Gasteiger partial charge in [-0.05, 0) is 54.8 Å². The Morgan fingerprint density at radius 1 is 1.00 bits per heavy atom. The van der Waals surface area contributed by atoms with Crippen LogP contribution in [0.4, 0.5) is 0 Å². The van der Waals surface area contributed by atoms with Crippen molar-refractivity contribution >= 4 is 28.2 Å². The van der Waals surface area contributed by atoms with Crippen molar-refractivity contribution in [3.63, 3.8) is 0 Å². The molecule has 3 aromatic rings. The molecule has 158 valence electrons. The first-order chi connectivity index (χ1) is 14.9. The summed E-state index contributed by atoms with van der Waals surface area (Å²) in [7, 11) is 0. The lowest BCUT2D eigenvalue weighted by molar-refractivity contribution is -0.122. The summed E-state index contributed by atoms with van der Waals surface area (Å²) in [6.45, 7) is 3.66. The highest BCUT2D eigenvalue weighted by molar-refractivity contribution is 6.01. The summed E-state index contributed by atoms with van der Waals surface area (Å²) in [6, 6.07) is 19.2. The van der Waals surface area contributed by atoms with E-state index in [0.717, 1.165) is 16.5 Å². The molecule has 0 radical (unpaired) electrons. The average molecular weight is 415 g/mol. The van der Waals surface area contributed by atoms with Crippen molar-refractivity contribution in [2.75, 3.05) is 0 Å². The lowest BCUT2D eigenvalue weighted by Gasteiger charge is -2.25. The number of benzene rings is 3. The standard InChI is InChI=1S/C26H25NO4/c1-17(28)10-13-24(18(2)29)27-15-23-22(26(27)30)8-5-9-25(23)31-16-19-11-12-20-6-3-4-7-21(20)14-19/h3-9,11-12,14,24H,10,13,15-16H2,1-2H3. The molecule has 0 spiro atoms. The van der Waals surface area contributed by atoms with Crippen molar-refractivity contribution in [2.24, 2.45) is 0 Å². The fourth-order valence-electron chi connectivity index (χ4n) is 4.12. The third-order valence-electron chi connectivity index (χ3n) is 5.78. The molecule has 1 atom stereocenters. The maximum absolute atomic E-state index is 13.0. The van der Waals surface area contributed by atoms with E-state index in [2.05, 4.69) is 24.3 Å². The second-order valence-electron chi connectivity index (χ2n) is 8.05. The lowest BCUT2D eigenvalue weighted by atomic mass is 10.0. The number of hydrogen-bond donors (Lipinski definition) is 0. The molecule has 5 nitrogen and oxygen atoms in total. The molecule has 0 aromatic heterocycles. The van der Waals surface area contributed by atoms with Crippen LogP contribution in [0, 0.1) is 0 Å². The van der Waals surface area contributed by atoms with Crippen LogP contribution in [-0.2, 0) is 22.7 Å². The topological polar surface area (TPSA) is 63.7 Å². The van der Waals surface area contributed by atoms with Crippen molar-refractivity contribution in [3.05, 3.63) is 77.4 Å². The molecule has 1 aliphatic heterocycles. The third-order valence-corrected chi connectivity index (χ3v) is 5.78. The first-order valence-corrected chi connectivity index (χ1v) is 10.5. The summed E-state index contributed by atoms with van der Waals surface area (Å²) in [5.41, 5.74) is 2.40. The van der Waals surface area contributed by atoms with E-state index in [1.165, 1.54) is 19.2 Å². The van der Waals surface area contributed by atoms with E-state index in [-0.39, 0.29) is 23.9 Å². The molecule has 1 heterocycles. The first kappa shape index (κ1) is 20.8. The van der Waals surface area contributed by atoms with Gasteiger partial charge in [0.25, 0.3) is 5.91 Å². The summed E-state index contributed by atoms with van der Waals surface area (Å²) in [6.07, 6.45) is 0.618. The van der Waals surface area contributed by atoms with Crippen molar-refractivity contribution in [2.45, 2.75) is 45.9 Å². The number of rotatable bonds is 8. The van der Waals surface area contributed by atoms with Gasteiger partial charge in [0.15, 0.2) is 5.78 Å². The average Bonchev–Trinajstić information content (AvgIpc) is 3.09. The van der Waals surface area contributed by atoms with Gasteiger partial charge in [-0.3, -0.25) is 9.59 Å². The Morgan fingerprint density at radius 3 is 2.52 bits per heavy atom. The van der Waals surface area contributed by atoms with Gasteiger partial charge in [-0.1, -0.05) is 42.5 Å². The number of carbonyl (C=O) groups excluding carboxylic acids is 3. The summed E-state index contributed by atoms with van der Waals surface area (Å²) < 4.78 is 6.10. The van der Waals surface area contributed by atoms with Crippen LogP contribution in [0.5, 0.6) is 5.75 Å². The predicted molar refractivity (Wildman–Crippen MR) is 119 cm³/mol. The minimum absolute atomic E-state index is 0.00909. The van der Waals surface area contributed by atoms with Crippen LogP contribution >= 0.6 is 0 Å². The molecule has 1 unspecified atom stereocenters. The second kappa shape index (κ2) is 8.72. The highest BCUT2D eigenvalue weighted by Crippen LogP contribution is 2.33. The summed E-state index contributed by atoms with van der Waals surface area (Å²) >= 11 is 0. The van der Waals surface area contributed by atoms with Crippen LogP contribution in [0.2, 0.25) is 0 Å². The van der Waals surface area contributed by atoms with E-state index in [4.69, 9.17) is 4.74 Å². The Balaban J connectivity index is 1.53. The van der Waals surface area contributed by atoms with Crippen LogP contribution in [0.1, 0.15) is 48.2 Å². The normalized spacial score (nSPS) is 13.9. The quantitative estimate of drug-likeness (QED) is 0.535. The molecule has 0 N–H and O–H groups in total. The number of ether oxygens (including phenoxy) is 1. The molecule has 1 aliphatic rings. The van der Waals surface area contributed by atoms with E-state index in [1.54, 1.807) is 17.0 Å². The van der Waals surface area contributed by atoms with Crippen LogP contribution in [0.3, 0.4) is 0 Å². The Morgan fingerprint density at radius 2 is 1.77 bits per heavy atom. The fourth-order valence-corrected chi connectivity index (χ4v) is 4.12. The molecule has 0 aliphatic carbocycles. The Bertz CT molecular complexity index is 1170. The molecule has 0 saturated carbocycles. The maximum Gasteiger partial charge on any atom is 0.255 e. The van der Waals surface area contributed by atoms with Gasteiger partial charge in [-0.2, -0.15) is 0 Å². The SMILES string of the molecule is CC(=O)CCC(C(C)=O)N1Cc2c(OCc3ccc4ccccc4c3)cccc2C1=O. The predicted octanol–water partition coefficient (Wildman–Crippen LogP) is 4.70. The summed E-state index contributed by atoms with van der Waals surface area (Å²) in [4.78, 5) is 38.2. The molecule has 4 rings (SSSR count). The number of fused-ring (bicyclic) bond motifs is 2. The van der Waals surface area contributed by atoms with Crippen LogP contribution < -0.4 is 4.74 Å². The largest absolute Gasteiger partial charge is 0.489 e. The minimum Gasteiger partial charge on any atom is -0.489 e. The highest BCUT2D eigenvalue weighted by atomic mass is 16.5. The van der Waals surface area contributed by atoms with Crippen LogP contribution in [-0.4, -0.2) is 28.4 Å². The van der Waals surface area contributed by atoms with Gasteiger partial charge in [-0.15, -0.1) is 0 Å². The van der Waals surface area contributed by atoms with Gasteiger partial charge in [0.05, 0.1) is 12.6 Å². The van der Waals surface area contributed by atoms with Gasteiger partial charge in [0.1, 0.15) is 18.1 Å². The maximum atomic E-state index is 13.0. The summed E-state index contributed by atoms with van der Waals surface area (Å²) in [5.74, 6) is 0.362. The smallest absolute Gasteiger partial charge is 0.255 e. The first-order valence-electron chi connectivity index (χ1n) is 10.5. The van der Waals surface area contributed by atoms with Crippen molar-refractivity contribution in [3.8, 4) is 5.75 Å². The fraction of sp³-hybridized carbons (Fsp3) is 0.269. The van der Waals surface area contributed by atoms with Gasteiger partial charge in [0, 0.05) is 17.5 Å². The van der Waals surface area contributed by atoms with Gasteiger partial charge >= 0.3 is 0 Å². The van der Waals surface area contributed by atoms with E-state index < -0.39 is 6.04 Å². The van der Waals surface area contributed by atoms with E-state index in [0.29, 0.717) is 30.9 Å². The minimum atomic E-state index is -0.600. The molecule has 5 heteroatoms. The van der Waals surface area contributed by atoms with Crippen LogP contribution in [0.15, 0.2) is 60.7 Å². The molecule has 3 aromatic carbocycles. The van der Waals surface area contributed by atoms with Gasteiger partial charge < -0.3 is 14.4 Å². The highest BCUT2D eigenvalue weighted by Gasteiger charge is 2.36. The van der Waals surface area contributed by atoms with Crippen molar-refractivity contribution in [1.82, 2.24) is 4.90 Å². The molecule has 1 amide bonds.